The molecule has 4 atom stereocenters. The van der Waals surface area contributed by atoms with Gasteiger partial charge in [0.2, 0.25) is 17.7 Å². The Labute approximate surface area is 223 Å². The van der Waals surface area contributed by atoms with E-state index in [4.69, 9.17) is 5.73 Å². The van der Waals surface area contributed by atoms with Gasteiger partial charge in [-0.2, -0.15) is 12.6 Å². The van der Waals surface area contributed by atoms with Crippen LogP contribution < -0.4 is 21.7 Å². The van der Waals surface area contributed by atoms with E-state index in [0.29, 0.717) is 11.4 Å². The largest absolute Gasteiger partial charge is 0.480 e. The Kier molecular flexibility index (Phi) is 10.4. The van der Waals surface area contributed by atoms with E-state index in [1.165, 1.54) is 25.0 Å². The van der Waals surface area contributed by atoms with E-state index in [1.54, 1.807) is 0 Å². The van der Waals surface area contributed by atoms with Crippen LogP contribution >= 0.6 is 12.6 Å². The van der Waals surface area contributed by atoms with E-state index in [0.717, 1.165) is 5.56 Å². The summed E-state index contributed by atoms with van der Waals surface area (Å²) in [6, 6.07) is 4.75. The molecule has 0 aliphatic heterocycles. The highest BCUT2D eigenvalue weighted by atomic mass is 32.1. The van der Waals surface area contributed by atoms with Crippen molar-refractivity contribution >= 4 is 36.3 Å². The minimum Gasteiger partial charge on any atom is -0.480 e. The highest BCUT2D eigenvalue weighted by Crippen LogP contribution is 2.05. The fourth-order valence-electron chi connectivity index (χ4n) is 3.62. The van der Waals surface area contributed by atoms with Crippen molar-refractivity contribution in [2.45, 2.75) is 43.4 Å². The number of nitrogens with zero attached hydrogens (tertiary/aromatic N) is 2. The summed E-state index contributed by atoms with van der Waals surface area (Å²) >= 11 is 4.15. The predicted molar refractivity (Wildman–Crippen MR) is 140 cm³/mol. The molecule has 1 aromatic carbocycles. The molecule has 202 valence electrons. The van der Waals surface area contributed by atoms with E-state index in [9.17, 15) is 24.3 Å². The maximum Gasteiger partial charge on any atom is 0.326 e. The van der Waals surface area contributed by atoms with Crippen LogP contribution in [-0.2, 0) is 38.4 Å². The third kappa shape index (κ3) is 8.45. The number of carbonyl (C=O) groups excluding carboxylic acids is 3. The molecule has 38 heavy (non-hydrogen) atoms. The van der Waals surface area contributed by atoms with Gasteiger partial charge in [0, 0.05) is 42.4 Å². The number of hydrogen-bond acceptors (Lipinski definition) is 8. The number of nitrogens with two attached hydrogens (primary N) is 1. The number of carbonyl (C=O) groups is 4. The van der Waals surface area contributed by atoms with Crippen LogP contribution in [0.15, 0.2) is 55.4 Å². The Morgan fingerprint density at radius 2 is 1.34 bits per heavy atom. The summed E-state index contributed by atoms with van der Waals surface area (Å²) in [6.45, 7) is 0. The molecular formula is C24H30N8O5S. The number of aromatic amines is 2. The molecule has 2 aromatic heterocycles. The van der Waals surface area contributed by atoms with Gasteiger partial charge in [-0.1, -0.05) is 30.3 Å². The number of carboxylic acid groups (broad SMARTS) is 1. The summed E-state index contributed by atoms with van der Waals surface area (Å²) in [5.41, 5.74) is 8.02. The topological polar surface area (TPSA) is 208 Å². The van der Waals surface area contributed by atoms with E-state index in [1.807, 2.05) is 30.3 Å². The summed E-state index contributed by atoms with van der Waals surface area (Å²) in [5.74, 6) is -3.34. The van der Waals surface area contributed by atoms with Gasteiger partial charge >= 0.3 is 5.97 Å². The van der Waals surface area contributed by atoms with Crippen molar-refractivity contribution in [3.8, 4) is 0 Å². The third-order valence-electron chi connectivity index (χ3n) is 5.66. The molecule has 3 rings (SSSR count). The van der Waals surface area contributed by atoms with Gasteiger partial charge in [0.1, 0.15) is 18.1 Å². The summed E-state index contributed by atoms with van der Waals surface area (Å²) in [7, 11) is 0. The molecule has 13 nitrogen and oxygen atoms in total. The van der Waals surface area contributed by atoms with Crippen molar-refractivity contribution in [1.82, 2.24) is 35.9 Å². The first-order valence-corrected chi connectivity index (χ1v) is 12.4. The number of thiol groups is 1. The lowest BCUT2D eigenvalue weighted by Gasteiger charge is -2.24. The number of aliphatic carboxylic acids is 1. The van der Waals surface area contributed by atoms with E-state index in [2.05, 4.69) is 48.5 Å². The maximum absolute atomic E-state index is 13.2. The van der Waals surface area contributed by atoms with E-state index < -0.39 is 47.9 Å². The molecule has 0 spiro atoms. The quantitative estimate of drug-likeness (QED) is 0.118. The summed E-state index contributed by atoms with van der Waals surface area (Å²) < 4.78 is 0. The first kappa shape index (κ1) is 28.4. The lowest BCUT2D eigenvalue weighted by molar-refractivity contribution is -0.142. The van der Waals surface area contributed by atoms with Crippen LogP contribution in [0, 0.1) is 0 Å². The van der Waals surface area contributed by atoms with Crippen molar-refractivity contribution in [2.24, 2.45) is 5.73 Å². The molecule has 0 aliphatic rings. The Balaban J connectivity index is 1.66. The van der Waals surface area contributed by atoms with Crippen molar-refractivity contribution in [3.63, 3.8) is 0 Å². The molecule has 4 unspecified atom stereocenters. The van der Waals surface area contributed by atoms with Gasteiger partial charge in [-0.25, -0.2) is 14.8 Å². The molecule has 3 aromatic rings. The van der Waals surface area contributed by atoms with Gasteiger partial charge in [-0.3, -0.25) is 14.4 Å². The van der Waals surface area contributed by atoms with Crippen LogP contribution in [0.3, 0.4) is 0 Å². The highest BCUT2D eigenvalue weighted by molar-refractivity contribution is 7.80. The fourth-order valence-corrected chi connectivity index (χ4v) is 3.88. The van der Waals surface area contributed by atoms with Crippen LogP contribution in [0.25, 0.3) is 0 Å². The molecule has 0 aliphatic carbocycles. The summed E-state index contributed by atoms with van der Waals surface area (Å²) in [4.78, 5) is 64.0. The normalized spacial score (nSPS) is 14.1. The van der Waals surface area contributed by atoms with Crippen LogP contribution in [0.2, 0.25) is 0 Å². The summed E-state index contributed by atoms with van der Waals surface area (Å²) in [5, 5.41) is 17.1. The maximum atomic E-state index is 13.2. The zero-order valence-electron chi connectivity index (χ0n) is 20.3. The lowest BCUT2D eigenvalue weighted by atomic mass is 10.0. The van der Waals surface area contributed by atoms with E-state index in [-0.39, 0.29) is 25.0 Å². The Hall–Kier alpha value is -4.17. The lowest BCUT2D eigenvalue weighted by Crippen LogP contribution is -2.58. The van der Waals surface area contributed by atoms with Crippen molar-refractivity contribution in [2.75, 3.05) is 5.75 Å². The third-order valence-corrected chi connectivity index (χ3v) is 6.02. The van der Waals surface area contributed by atoms with Gasteiger partial charge < -0.3 is 36.8 Å². The van der Waals surface area contributed by atoms with Gasteiger partial charge in [-0.05, 0) is 12.0 Å². The molecular weight excluding hydrogens is 512 g/mol. The zero-order valence-corrected chi connectivity index (χ0v) is 21.2. The van der Waals surface area contributed by atoms with Crippen molar-refractivity contribution in [1.29, 1.82) is 0 Å². The second-order valence-electron chi connectivity index (χ2n) is 8.56. The molecule has 0 bridgehead atoms. The Morgan fingerprint density at radius 3 is 1.87 bits per heavy atom. The minimum absolute atomic E-state index is 0.0356. The average molecular weight is 543 g/mol. The standard InChI is InChI=1S/C24H30N8O5S/c25-17(6-14-4-2-1-3-5-14)21(33)30-18(7-15-9-26-12-28-15)22(34)32-20(11-38)23(35)31-19(24(36)37)8-16-10-27-13-29-16/h1-5,9-10,12-13,17-20,38H,6-8,11,25H2,(H,26,28)(H,27,29)(H,30,33)(H,31,35)(H,32,34)(H,36,37). The molecule has 0 radical (unpaired) electrons. The van der Waals surface area contributed by atoms with Gasteiger partial charge in [0.25, 0.3) is 0 Å². The van der Waals surface area contributed by atoms with Crippen LogP contribution in [0.1, 0.15) is 17.0 Å². The smallest absolute Gasteiger partial charge is 0.326 e. The molecule has 2 heterocycles. The number of amides is 3. The monoisotopic (exact) mass is 542 g/mol. The van der Waals surface area contributed by atoms with Gasteiger partial charge in [0.05, 0.1) is 18.7 Å². The molecule has 0 saturated carbocycles. The number of nitrogens with one attached hydrogen (secondary N) is 5. The van der Waals surface area contributed by atoms with Gasteiger partial charge in [0.15, 0.2) is 0 Å². The predicted octanol–water partition coefficient (Wildman–Crippen LogP) is -1.04. The van der Waals surface area contributed by atoms with Crippen molar-refractivity contribution < 1.29 is 24.3 Å². The van der Waals surface area contributed by atoms with Crippen LogP contribution in [-0.4, -0.2) is 78.7 Å². The molecule has 8 N–H and O–H groups in total. The number of H-pyrrole nitrogens is 2. The first-order valence-electron chi connectivity index (χ1n) is 11.8. The highest BCUT2D eigenvalue weighted by Gasteiger charge is 2.30. The van der Waals surface area contributed by atoms with Gasteiger partial charge in [-0.15, -0.1) is 0 Å². The molecule has 3 amide bonds. The number of benzene rings is 1. The first-order chi connectivity index (χ1) is 18.3. The second kappa shape index (κ2) is 13.9. The SMILES string of the molecule is NC(Cc1ccccc1)C(=O)NC(Cc1cnc[nH]1)C(=O)NC(CS)C(=O)NC(Cc1cnc[nH]1)C(=O)O. The molecule has 0 fully saturated rings. The zero-order chi connectivity index (χ0) is 27.5. The second-order valence-corrected chi connectivity index (χ2v) is 8.93. The number of hydrogen-bond donors (Lipinski definition) is 8. The summed E-state index contributed by atoms with van der Waals surface area (Å²) in [6.07, 6.45) is 6.06. The van der Waals surface area contributed by atoms with E-state index >= 15 is 0 Å². The van der Waals surface area contributed by atoms with Crippen molar-refractivity contribution in [3.05, 3.63) is 72.3 Å². The van der Waals surface area contributed by atoms with Crippen LogP contribution in [0.5, 0.6) is 0 Å². The number of imidazole rings is 2. The molecule has 14 heteroatoms. The fraction of sp³-hybridized carbons (Fsp3) is 0.333. The number of carboxylic acids is 1. The minimum atomic E-state index is -1.27. The number of aromatic nitrogens is 4. The Morgan fingerprint density at radius 1 is 0.816 bits per heavy atom. The Bertz CT molecular complexity index is 1190. The number of rotatable bonds is 14. The molecule has 0 saturated heterocycles. The van der Waals surface area contributed by atoms with Crippen LogP contribution in [0.4, 0.5) is 0 Å². The average Bonchev–Trinajstić information content (AvgIpc) is 3.61.